The maximum absolute atomic E-state index is 11.8. The summed E-state index contributed by atoms with van der Waals surface area (Å²) in [5, 5.41) is 3.31. The first-order valence-corrected chi connectivity index (χ1v) is 5.16. The van der Waals surface area contributed by atoms with Gasteiger partial charge in [0.15, 0.2) is 5.78 Å². The molecule has 2 heteroatoms. The second-order valence-corrected chi connectivity index (χ2v) is 4.60. The van der Waals surface area contributed by atoms with E-state index in [0.29, 0.717) is 17.7 Å². The highest BCUT2D eigenvalue weighted by Gasteiger charge is 2.24. The van der Waals surface area contributed by atoms with E-state index in [-0.39, 0.29) is 13.4 Å². The van der Waals surface area contributed by atoms with Crippen LogP contribution in [-0.4, -0.2) is 17.9 Å². The van der Waals surface area contributed by atoms with Gasteiger partial charge in [-0.05, 0) is 5.92 Å². The van der Waals surface area contributed by atoms with Crippen molar-refractivity contribution < 1.29 is 6.22 Å². The van der Waals surface area contributed by atoms with E-state index in [1.165, 1.54) is 0 Å². The molecule has 0 fully saturated rings. The van der Waals surface area contributed by atoms with Gasteiger partial charge in [0, 0.05) is 13.4 Å². The Morgan fingerprint density at radius 1 is 1.08 bits per heavy atom. The van der Waals surface area contributed by atoms with E-state index >= 15 is 0 Å². The molecule has 0 aliphatic rings. The fourth-order valence-corrected chi connectivity index (χ4v) is 1.32. The smallest absolute Gasteiger partial charge is 0.152 e. The minimum absolute atomic E-state index is 0. The lowest BCUT2D eigenvalue weighted by Crippen LogP contribution is -2.46. The van der Waals surface area contributed by atoms with Crippen molar-refractivity contribution in [1.82, 2.24) is 5.32 Å². The van der Waals surface area contributed by atoms with Crippen LogP contribution in [0.15, 0.2) is 0 Å². The number of carbonyl (C=O) groups excluding carboxylic acids is 1. The van der Waals surface area contributed by atoms with Gasteiger partial charge in [-0.15, -0.1) is 0 Å². The van der Waals surface area contributed by atoms with Crippen LogP contribution in [0.5, 0.6) is 0 Å². The molecule has 0 bridgehead atoms. The van der Waals surface area contributed by atoms with Crippen molar-refractivity contribution in [2.45, 2.75) is 53.6 Å². The SMILES string of the molecule is CC(C)NC(C(=O)C(C)C)C(C)C.[HH]. The van der Waals surface area contributed by atoms with Crippen molar-refractivity contribution >= 4 is 5.78 Å². The monoisotopic (exact) mass is 187 g/mol. The highest BCUT2D eigenvalue weighted by molar-refractivity contribution is 5.85. The second-order valence-electron chi connectivity index (χ2n) is 4.60. The topological polar surface area (TPSA) is 29.1 Å². The molecule has 0 saturated heterocycles. The van der Waals surface area contributed by atoms with Gasteiger partial charge in [0.25, 0.3) is 0 Å². The third kappa shape index (κ3) is 4.41. The van der Waals surface area contributed by atoms with Crippen LogP contribution in [0.4, 0.5) is 0 Å². The van der Waals surface area contributed by atoms with Gasteiger partial charge >= 0.3 is 0 Å². The Hall–Kier alpha value is -0.370. The molecular formula is C11H25NO. The van der Waals surface area contributed by atoms with Gasteiger partial charge in [-0.1, -0.05) is 41.5 Å². The predicted molar refractivity (Wildman–Crippen MR) is 58.9 cm³/mol. The van der Waals surface area contributed by atoms with Gasteiger partial charge in [-0.25, -0.2) is 0 Å². The first-order chi connectivity index (χ1) is 5.86. The second kappa shape index (κ2) is 5.38. The van der Waals surface area contributed by atoms with E-state index in [4.69, 9.17) is 0 Å². The van der Waals surface area contributed by atoms with Crippen LogP contribution in [0, 0.1) is 11.8 Å². The fourth-order valence-electron chi connectivity index (χ4n) is 1.32. The molecular weight excluding hydrogens is 162 g/mol. The average molecular weight is 187 g/mol. The number of hydrogen-bond donors (Lipinski definition) is 1. The maximum Gasteiger partial charge on any atom is 0.152 e. The zero-order valence-corrected chi connectivity index (χ0v) is 9.72. The quantitative estimate of drug-likeness (QED) is 0.716. The summed E-state index contributed by atoms with van der Waals surface area (Å²) in [4.78, 5) is 11.8. The summed E-state index contributed by atoms with van der Waals surface area (Å²) in [5.74, 6) is 0.819. The van der Waals surface area contributed by atoms with Crippen molar-refractivity contribution in [1.29, 1.82) is 0 Å². The molecule has 0 radical (unpaired) electrons. The molecule has 1 N–H and O–H groups in total. The van der Waals surface area contributed by atoms with E-state index in [9.17, 15) is 4.79 Å². The maximum atomic E-state index is 11.8. The number of ketones is 1. The molecule has 0 aliphatic carbocycles. The molecule has 0 aromatic carbocycles. The molecule has 0 aromatic rings. The van der Waals surface area contributed by atoms with Crippen LogP contribution >= 0.6 is 0 Å². The van der Waals surface area contributed by atoms with E-state index in [2.05, 4.69) is 33.0 Å². The van der Waals surface area contributed by atoms with E-state index in [0.717, 1.165) is 0 Å². The minimum Gasteiger partial charge on any atom is -0.305 e. The number of carbonyl (C=O) groups is 1. The number of Topliss-reactive ketones (excluding diaryl/α,β-unsaturated/α-hetero) is 1. The van der Waals surface area contributed by atoms with E-state index < -0.39 is 0 Å². The van der Waals surface area contributed by atoms with E-state index in [1.54, 1.807) is 0 Å². The summed E-state index contributed by atoms with van der Waals surface area (Å²) < 4.78 is 0. The first-order valence-electron chi connectivity index (χ1n) is 5.16. The highest BCUT2D eigenvalue weighted by Crippen LogP contribution is 2.09. The van der Waals surface area contributed by atoms with Crippen molar-refractivity contribution in [3.8, 4) is 0 Å². The van der Waals surface area contributed by atoms with Gasteiger partial charge in [0.2, 0.25) is 0 Å². The zero-order chi connectivity index (χ0) is 10.6. The molecule has 2 nitrogen and oxygen atoms in total. The number of rotatable bonds is 5. The van der Waals surface area contributed by atoms with Crippen LogP contribution in [0.2, 0.25) is 0 Å². The molecule has 1 atom stereocenters. The van der Waals surface area contributed by atoms with Crippen LogP contribution in [0.3, 0.4) is 0 Å². The molecule has 13 heavy (non-hydrogen) atoms. The Balaban J connectivity index is 0. The Bertz CT molecular complexity index is 167. The Labute approximate surface area is 83.6 Å². The molecule has 0 spiro atoms. The summed E-state index contributed by atoms with van der Waals surface area (Å²) in [5.41, 5.74) is 0. The lowest BCUT2D eigenvalue weighted by Gasteiger charge is -2.25. The lowest BCUT2D eigenvalue weighted by molar-refractivity contribution is -0.125. The third-order valence-corrected chi connectivity index (χ3v) is 2.06. The van der Waals surface area contributed by atoms with Crippen molar-refractivity contribution in [3.05, 3.63) is 0 Å². The number of hydrogen-bond acceptors (Lipinski definition) is 2. The third-order valence-electron chi connectivity index (χ3n) is 2.06. The molecule has 0 amide bonds. The fraction of sp³-hybridized carbons (Fsp3) is 0.909. The van der Waals surface area contributed by atoms with Crippen molar-refractivity contribution in [2.24, 2.45) is 11.8 Å². The van der Waals surface area contributed by atoms with Gasteiger partial charge in [-0.3, -0.25) is 4.79 Å². The first kappa shape index (κ1) is 12.6. The van der Waals surface area contributed by atoms with Gasteiger partial charge in [0.1, 0.15) is 0 Å². The summed E-state index contributed by atoms with van der Waals surface area (Å²) in [7, 11) is 0. The summed E-state index contributed by atoms with van der Waals surface area (Å²) in [6.07, 6.45) is 0. The van der Waals surface area contributed by atoms with Crippen LogP contribution in [-0.2, 0) is 4.79 Å². The lowest BCUT2D eigenvalue weighted by atomic mass is 9.92. The molecule has 1 unspecified atom stereocenters. The van der Waals surface area contributed by atoms with Crippen LogP contribution in [0.1, 0.15) is 43.0 Å². The molecule has 0 saturated carbocycles. The molecule has 0 heterocycles. The van der Waals surface area contributed by atoms with Crippen LogP contribution < -0.4 is 5.32 Å². The van der Waals surface area contributed by atoms with Crippen molar-refractivity contribution in [3.63, 3.8) is 0 Å². The summed E-state index contributed by atoms with van der Waals surface area (Å²) in [6.45, 7) is 12.2. The Morgan fingerprint density at radius 3 is 1.77 bits per heavy atom. The van der Waals surface area contributed by atoms with Crippen molar-refractivity contribution in [2.75, 3.05) is 0 Å². The normalized spacial score (nSPS) is 14.2. The summed E-state index contributed by atoms with van der Waals surface area (Å²) in [6, 6.07) is 0.384. The molecule has 0 aromatic heterocycles. The molecule has 0 rings (SSSR count). The van der Waals surface area contributed by atoms with Gasteiger partial charge in [0.05, 0.1) is 6.04 Å². The zero-order valence-electron chi connectivity index (χ0n) is 9.72. The Kier molecular flexibility index (Phi) is 5.23. The number of nitrogens with one attached hydrogen (secondary N) is 1. The van der Waals surface area contributed by atoms with Crippen LogP contribution in [0.25, 0.3) is 0 Å². The summed E-state index contributed by atoms with van der Waals surface area (Å²) >= 11 is 0. The highest BCUT2D eigenvalue weighted by atomic mass is 16.1. The minimum atomic E-state index is 0. The van der Waals surface area contributed by atoms with E-state index in [1.807, 2.05) is 13.8 Å². The largest absolute Gasteiger partial charge is 0.305 e. The predicted octanol–water partition coefficient (Wildman–Crippen LogP) is 2.48. The average Bonchev–Trinajstić information content (AvgIpc) is 1.97. The van der Waals surface area contributed by atoms with Gasteiger partial charge < -0.3 is 5.32 Å². The Morgan fingerprint density at radius 2 is 1.54 bits per heavy atom. The molecule has 0 aliphatic heterocycles. The molecule has 80 valence electrons. The standard InChI is InChI=1S/C11H23NO.H2/c1-7(2)10(12-9(5)6)11(13)8(3)4;/h7-10,12H,1-6H3;1H. The van der Waals surface area contributed by atoms with Gasteiger partial charge in [-0.2, -0.15) is 0 Å².